The minimum absolute atomic E-state index is 0. The second-order valence-electron chi connectivity index (χ2n) is 3.82. The zero-order valence-corrected chi connectivity index (χ0v) is 14.2. The van der Waals surface area contributed by atoms with Crippen LogP contribution in [0.5, 0.6) is 5.75 Å². The maximum atomic E-state index is 8.48. The molecule has 0 radical (unpaired) electrons. The van der Waals surface area contributed by atoms with Crippen molar-refractivity contribution in [3.8, 4) is 11.8 Å². The number of benzene rings is 1. The lowest BCUT2D eigenvalue weighted by atomic mass is 10.2. The Morgan fingerprint density at radius 1 is 1.30 bits per heavy atom. The van der Waals surface area contributed by atoms with E-state index in [1.807, 2.05) is 44.2 Å². The summed E-state index contributed by atoms with van der Waals surface area (Å²) in [5, 5.41) is 14.8. The van der Waals surface area contributed by atoms with Gasteiger partial charge in [-0.3, -0.25) is 0 Å². The summed E-state index contributed by atoms with van der Waals surface area (Å²) in [5.74, 6) is 1.50. The molecule has 0 aliphatic heterocycles. The van der Waals surface area contributed by atoms with Crippen LogP contribution in [0, 0.1) is 11.3 Å². The molecule has 0 aliphatic rings. The second-order valence-corrected chi connectivity index (χ2v) is 3.82. The zero-order valence-electron chi connectivity index (χ0n) is 11.8. The minimum atomic E-state index is 0. The highest BCUT2D eigenvalue weighted by atomic mass is 127. The predicted molar refractivity (Wildman–Crippen MR) is 91.5 cm³/mol. The van der Waals surface area contributed by atoms with Crippen molar-refractivity contribution in [3.05, 3.63) is 29.8 Å². The molecule has 0 saturated carbocycles. The number of aliphatic imine (C=N–C) groups is 1. The average Bonchev–Trinajstić information content (AvgIpc) is 2.43. The van der Waals surface area contributed by atoms with Crippen molar-refractivity contribution in [3.63, 3.8) is 0 Å². The number of guanidine groups is 1. The van der Waals surface area contributed by atoms with Crippen LogP contribution in [0.25, 0.3) is 0 Å². The molecule has 0 saturated heterocycles. The standard InChI is InChI=1S/C14H20N4O.HI/c1-3-16-14(17-4-2)18-11-12-6-5-7-13(10-12)19-9-8-15;/h5-7,10H,3-4,9,11H2,1-2H3,(H2,16,17,18);1H. The van der Waals surface area contributed by atoms with Gasteiger partial charge in [-0.15, -0.1) is 24.0 Å². The molecule has 1 aromatic carbocycles. The van der Waals surface area contributed by atoms with Gasteiger partial charge in [-0.25, -0.2) is 4.99 Å². The van der Waals surface area contributed by atoms with Gasteiger partial charge in [0, 0.05) is 13.1 Å². The SMILES string of the molecule is CCNC(=NCc1cccc(OCC#N)c1)NCC.I. The Morgan fingerprint density at radius 2 is 2.00 bits per heavy atom. The van der Waals surface area contributed by atoms with Crippen LogP contribution in [0.3, 0.4) is 0 Å². The van der Waals surface area contributed by atoms with Gasteiger partial charge in [0.15, 0.2) is 12.6 Å². The number of hydrogen-bond donors (Lipinski definition) is 2. The molecule has 6 heteroatoms. The third-order valence-electron chi connectivity index (χ3n) is 2.31. The van der Waals surface area contributed by atoms with Crippen LogP contribution in [0.2, 0.25) is 0 Å². The Bertz CT molecular complexity index is 449. The highest BCUT2D eigenvalue weighted by Gasteiger charge is 1.98. The van der Waals surface area contributed by atoms with E-state index in [-0.39, 0.29) is 30.6 Å². The minimum Gasteiger partial charge on any atom is -0.479 e. The third kappa shape index (κ3) is 7.19. The van der Waals surface area contributed by atoms with Crippen molar-refractivity contribution in [2.75, 3.05) is 19.7 Å². The lowest BCUT2D eigenvalue weighted by molar-refractivity contribution is 0.368. The van der Waals surface area contributed by atoms with Gasteiger partial charge in [0.2, 0.25) is 0 Å². The average molecular weight is 388 g/mol. The van der Waals surface area contributed by atoms with Gasteiger partial charge < -0.3 is 15.4 Å². The van der Waals surface area contributed by atoms with E-state index >= 15 is 0 Å². The van der Waals surface area contributed by atoms with Gasteiger partial charge >= 0.3 is 0 Å². The number of rotatable bonds is 6. The Balaban J connectivity index is 0.00000361. The van der Waals surface area contributed by atoms with E-state index in [4.69, 9.17) is 10.00 Å². The summed E-state index contributed by atoms with van der Waals surface area (Å²) in [5.41, 5.74) is 1.05. The van der Waals surface area contributed by atoms with E-state index in [0.717, 1.165) is 24.6 Å². The fourth-order valence-corrected chi connectivity index (χ4v) is 1.53. The van der Waals surface area contributed by atoms with Crippen LogP contribution < -0.4 is 15.4 Å². The number of ether oxygens (including phenoxy) is 1. The third-order valence-corrected chi connectivity index (χ3v) is 2.31. The summed E-state index contributed by atoms with van der Waals surface area (Å²) >= 11 is 0. The fraction of sp³-hybridized carbons (Fsp3) is 0.429. The highest BCUT2D eigenvalue weighted by Crippen LogP contribution is 2.13. The van der Waals surface area contributed by atoms with E-state index in [9.17, 15) is 0 Å². The largest absolute Gasteiger partial charge is 0.479 e. The summed E-state index contributed by atoms with van der Waals surface area (Å²) in [7, 11) is 0. The van der Waals surface area contributed by atoms with Crippen molar-refractivity contribution in [1.29, 1.82) is 5.26 Å². The van der Waals surface area contributed by atoms with Crippen molar-refractivity contribution in [2.24, 2.45) is 4.99 Å². The molecule has 0 aliphatic carbocycles. The molecule has 2 N–H and O–H groups in total. The summed E-state index contributed by atoms with van der Waals surface area (Å²) in [4.78, 5) is 4.47. The highest BCUT2D eigenvalue weighted by molar-refractivity contribution is 14.0. The van der Waals surface area contributed by atoms with Crippen LogP contribution in [0.15, 0.2) is 29.3 Å². The summed E-state index contributed by atoms with van der Waals surface area (Å²) in [6, 6.07) is 9.57. The van der Waals surface area contributed by atoms with E-state index in [0.29, 0.717) is 12.3 Å². The summed E-state index contributed by atoms with van der Waals surface area (Å²) in [6.45, 7) is 6.35. The number of nitrogens with one attached hydrogen (secondary N) is 2. The van der Waals surface area contributed by atoms with Gasteiger partial charge in [-0.2, -0.15) is 5.26 Å². The summed E-state index contributed by atoms with van der Waals surface area (Å²) in [6.07, 6.45) is 0. The van der Waals surface area contributed by atoms with Crippen LogP contribution >= 0.6 is 24.0 Å². The fourth-order valence-electron chi connectivity index (χ4n) is 1.53. The second kappa shape index (κ2) is 11.3. The number of halogens is 1. The van der Waals surface area contributed by atoms with Crippen LogP contribution in [-0.2, 0) is 6.54 Å². The van der Waals surface area contributed by atoms with E-state index in [1.54, 1.807) is 0 Å². The predicted octanol–water partition coefficient (Wildman–Crippen LogP) is 2.28. The Morgan fingerprint density at radius 3 is 2.60 bits per heavy atom. The lowest BCUT2D eigenvalue weighted by Crippen LogP contribution is -2.36. The van der Waals surface area contributed by atoms with Gasteiger partial charge in [0.1, 0.15) is 11.8 Å². The van der Waals surface area contributed by atoms with Crippen molar-refractivity contribution in [2.45, 2.75) is 20.4 Å². The zero-order chi connectivity index (χ0) is 13.9. The van der Waals surface area contributed by atoms with E-state index < -0.39 is 0 Å². The number of nitrogens with zero attached hydrogens (tertiary/aromatic N) is 2. The molecule has 0 bridgehead atoms. The maximum absolute atomic E-state index is 8.48. The van der Waals surface area contributed by atoms with Crippen LogP contribution in [0.4, 0.5) is 0 Å². The monoisotopic (exact) mass is 388 g/mol. The first-order valence-electron chi connectivity index (χ1n) is 6.41. The van der Waals surface area contributed by atoms with E-state index in [1.165, 1.54) is 0 Å². The molecule has 0 unspecified atom stereocenters. The molecule has 1 rings (SSSR count). The molecule has 0 fully saturated rings. The lowest BCUT2D eigenvalue weighted by Gasteiger charge is -2.09. The smallest absolute Gasteiger partial charge is 0.191 e. The Hall–Kier alpha value is -1.49. The normalized spacial score (nSPS) is 8.85. The van der Waals surface area contributed by atoms with Gasteiger partial charge in [-0.1, -0.05) is 12.1 Å². The van der Waals surface area contributed by atoms with Gasteiger partial charge in [0.25, 0.3) is 0 Å². The van der Waals surface area contributed by atoms with Gasteiger partial charge in [-0.05, 0) is 31.5 Å². The van der Waals surface area contributed by atoms with E-state index in [2.05, 4.69) is 15.6 Å². The number of hydrogen-bond acceptors (Lipinski definition) is 3. The molecule has 0 aromatic heterocycles. The molecule has 0 spiro atoms. The molecule has 110 valence electrons. The molecular weight excluding hydrogens is 367 g/mol. The van der Waals surface area contributed by atoms with Crippen molar-refractivity contribution in [1.82, 2.24) is 10.6 Å². The first kappa shape index (κ1) is 18.5. The molecular formula is C14H21IN4O. The van der Waals surface area contributed by atoms with Crippen molar-refractivity contribution < 1.29 is 4.74 Å². The quantitative estimate of drug-likeness (QED) is 0.446. The number of nitriles is 1. The summed E-state index contributed by atoms with van der Waals surface area (Å²) < 4.78 is 5.26. The molecule has 0 heterocycles. The first-order chi connectivity index (χ1) is 9.30. The van der Waals surface area contributed by atoms with Crippen molar-refractivity contribution >= 4 is 29.9 Å². The van der Waals surface area contributed by atoms with Crippen LogP contribution in [-0.4, -0.2) is 25.7 Å². The molecule has 20 heavy (non-hydrogen) atoms. The molecule has 0 atom stereocenters. The van der Waals surface area contributed by atoms with Gasteiger partial charge in [0.05, 0.1) is 6.54 Å². The maximum Gasteiger partial charge on any atom is 0.191 e. The first-order valence-corrected chi connectivity index (χ1v) is 6.41. The molecule has 1 aromatic rings. The van der Waals surface area contributed by atoms with Crippen LogP contribution in [0.1, 0.15) is 19.4 Å². The Kier molecular flexibility index (Phi) is 10.5. The Labute approximate surface area is 137 Å². The topological polar surface area (TPSA) is 69.4 Å². The molecule has 5 nitrogen and oxygen atoms in total. The molecule has 0 amide bonds.